The SMILES string of the molecule is C[C@@H](NC(=O)NC[C@@H](O)c1ccc(Cl)c(F)c1)[C@@H]1CCCO1. The van der Waals surface area contributed by atoms with Gasteiger partial charge in [0.15, 0.2) is 0 Å². The predicted molar refractivity (Wildman–Crippen MR) is 81.3 cm³/mol. The van der Waals surface area contributed by atoms with Gasteiger partial charge in [-0.1, -0.05) is 17.7 Å². The van der Waals surface area contributed by atoms with Crippen LogP contribution in [0.4, 0.5) is 9.18 Å². The summed E-state index contributed by atoms with van der Waals surface area (Å²) in [5.74, 6) is -0.602. The summed E-state index contributed by atoms with van der Waals surface area (Å²) in [6.07, 6.45) is 0.949. The van der Waals surface area contributed by atoms with Gasteiger partial charge in [0, 0.05) is 13.2 Å². The van der Waals surface area contributed by atoms with E-state index in [9.17, 15) is 14.3 Å². The molecule has 0 bridgehead atoms. The molecule has 122 valence electrons. The summed E-state index contributed by atoms with van der Waals surface area (Å²) in [5.41, 5.74) is 0.356. The third kappa shape index (κ3) is 4.56. The molecular formula is C15H20ClFN2O3. The summed E-state index contributed by atoms with van der Waals surface area (Å²) in [4.78, 5) is 11.8. The van der Waals surface area contributed by atoms with Gasteiger partial charge in [0.1, 0.15) is 5.82 Å². The van der Waals surface area contributed by atoms with E-state index in [0.717, 1.165) is 25.5 Å². The second kappa shape index (κ2) is 7.76. The molecule has 2 rings (SSSR count). The number of hydrogen-bond donors (Lipinski definition) is 3. The second-order valence-corrected chi connectivity index (χ2v) is 5.79. The molecule has 1 fully saturated rings. The molecule has 1 saturated heterocycles. The molecule has 3 atom stereocenters. The van der Waals surface area contributed by atoms with Gasteiger partial charge in [0.2, 0.25) is 0 Å². The molecule has 3 N–H and O–H groups in total. The fourth-order valence-corrected chi connectivity index (χ4v) is 2.49. The van der Waals surface area contributed by atoms with Crippen LogP contribution in [0.25, 0.3) is 0 Å². The molecule has 1 aliphatic rings. The van der Waals surface area contributed by atoms with Crippen LogP contribution in [0.2, 0.25) is 5.02 Å². The largest absolute Gasteiger partial charge is 0.387 e. The Kier molecular flexibility index (Phi) is 5.99. The van der Waals surface area contributed by atoms with Crippen LogP contribution in [0.5, 0.6) is 0 Å². The average Bonchev–Trinajstić information content (AvgIpc) is 3.02. The van der Waals surface area contributed by atoms with E-state index in [4.69, 9.17) is 16.3 Å². The molecule has 1 aliphatic heterocycles. The fraction of sp³-hybridized carbons (Fsp3) is 0.533. The van der Waals surface area contributed by atoms with E-state index in [1.165, 1.54) is 12.1 Å². The van der Waals surface area contributed by atoms with Gasteiger partial charge < -0.3 is 20.5 Å². The monoisotopic (exact) mass is 330 g/mol. The lowest BCUT2D eigenvalue weighted by Gasteiger charge is -2.21. The Hall–Kier alpha value is -1.37. The number of nitrogens with one attached hydrogen (secondary N) is 2. The second-order valence-electron chi connectivity index (χ2n) is 5.38. The Labute approximate surface area is 133 Å². The molecule has 0 spiro atoms. The lowest BCUT2D eigenvalue weighted by molar-refractivity contribution is 0.0856. The van der Waals surface area contributed by atoms with Crippen molar-refractivity contribution in [3.63, 3.8) is 0 Å². The molecule has 1 aromatic rings. The molecular weight excluding hydrogens is 311 g/mol. The number of aliphatic hydroxyl groups is 1. The zero-order valence-electron chi connectivity index (χ0n) is 12.3. The van der Waals surface area contributed by atoms with Crippen LogP contribution in [0, 0.1) is 5.82 Å². The van der Waals surface area contributed by atoms with Crippen molar-refractivity contribution in [2.75, 3.05) is 13.2 Å². The summed E-state index contributed by atoms with van der Waals surface area (Å²) in [6.45, 7) is 2.57. The minimum absolute atomic E-state index is 0.00737. The first kappa shape index (κ1) is 17.0. The highest BCUT2D eigenvalue weighted by Gasteiger charge is 2.23. The molecule has 5 nitrogen and oxygen atoms in total. The number of aliphatic hydroxyl groups excluding tert-OH is 1. The Morgan fingerprint density at radius 3 is 3.00 bits per heavy atom. The van der Waals surface area contributed by atoms with Crippen LogP contribution in [0.3, 0.4) is 0 Å². The topological polar surface area (TPSA) is 70.6 Å². The maximum absolute atomic E-state index is 13.3. The molecule has 0 unspecified atom stereocenters. The number of urea groups is 1. The van der Waals surface area contributed by atoms with E-state index in [1.807, 2.05) is 6.92 Å². The number of benzene rings is 1. The molecule has 1 heterocycles. The standard InChI is InChI=1S/C15H20ClFN2O3/c1-9(14-3-2-6-22-14)19-15(21)18-8-13(20)10-4-5-11(16)12(17)7-10/h4-5,7,9,13-14,20H,2-3,6,8H2,1H3,(H2,18,19,21)/t9-,13-,14+/m1/s1. The quantitative estimate of drug-likeness (QED) is 0.776. The summed E-state index contributed by atoms with van der Waals surface area (Å²) in [6, 6.07) is 3.55. The molecule has 22 heavy (non-hydrogen) atoms. The van der Waals surface area contributed by atoms with Crippen molar-refractivity contribution < 1.29 is 19.0 Å². The van der Waals surface area contributed by atoms with Crippen molar-refractivity contribution in [3.8, 4) is 0 Å². The Morgan fingerprint density at radius 2 is 2.36 bits per heavy atom. The molecule has 0 radical (unpaired) electrons. The summed E-state index contributed by atoms with van der Waals surface area (Å²) in [7, 11) is 0. The normalized spacial score (nSPS) is 20.5. The van der Waals surface area contributed by atoms with Crippen molar-refractivity contribution in [1.82, 2.24) is 10.6 Å². The third-order valence-electron chi connectivity index (χ3n) is 3.67. The number of rotatable bonds is 5. The Balaban J connectivity index is 1.78. The number of amides is 2. The lowest BCUT2D eigenvalue weighted by Crippen LogP contribution is -2.46. The molecule has 0 aromatic heterocycles. The number of hydrogen-bond acceptors (Lipinski definition) is 3. The smallest absolute Gasteiger partial charge is 0.315 e. The van der Waals surface area contributed by atoms with Crippen LogP contribution in [-0.2, 0) is 4.74 Å². The number of carbonyl (C=O) groups is 1. The highest BCUT2D eigenvalue weighted by Crippen LogP contribution is 2.20. The van der Waals surface area contributed by atoms with Gasteiger partial charge in [-0.05, 0) is 37.5 Å². The molecule has 0 saturated carbocycles. The molecule has 7 heteroatoms. The lowest BCUT2D eigenvalue weighted by atomic mass is 10.1. The molecule has 1 aromatic carbocycles. The van der Waals surface area contributed by atoms with E-state index >= 15 is 0 Å². The van der Waals surface area contributed by atoms with Gasteiger partial charge in [0.05, 0.1) is 23.3 Å². The van der Waals surface area contributed by atoms with Crippen molar-refractivity contribution >= 4 is 17.6 Å². The number of ether oxygens (including phenoxy) is 1. The van der Waals surface area contributed by atoms with E-state index < -0.39 is 18.0 Å². The summed E-state index contributed by atoms with van der Waals surface area (Å²) in [5, 5.41) is 15.3. The Bertz CT molecular complexity index is 524. The van der Waals surface area contributed by atoms with Gasteiger partial charge in [-0.15, -0.1) is 0 Å². The van der Waals surface area contributed by atoms with Gasteiger partial charge in [-0.2, -0.15) is 0 Å². The minimum Gasteiger partial charge on any atom is -0.387 e. The average molecular weight is 331 g/mol. The first-order valence-corrected chi connectivity index (χ1v) is 7.64. The van der Waals surface area contributed by atoms with Crippen molar-refractivity contribution in [2.45, 2.75) is 38.0 Å². The zero-order chi connectivity index (χ0) is 16.1. The minimum atomic E-state index is -1.00. The first-order valence-electron chi connectivity index (χ1n) is 7.26. The number of halogens is 2. The van der Waals surface area contributed by atoms with Crippen molar-refractivity contribution in [1.29, 1.82) is 0 Å². The van der Waals surface area contributed by atoms with E-state index in [-0.39, 0.29) is 23.7 Å². The zero-order valence-corrected chi connectivity index (χ0v) is 13.1. The van der Waals surface area contributed by atoms with Crippen LogP contribution in [0.1, 0.15) is 31.4 Å². The highest BCUT2D eigenvalue weighted by molar-refractivity contribution is 6.30. The van der Waals surface area contributed by atoms with E-state index in [1.54, 1.807) is 0 Å². The summed E-state index contributed by atoms with van der Waals surface area (Å²) >= 11 is 5.58. The van der Waals surface area contributed by atoms with Crippen LogP contribution >= 0.6 is 11.6 Å². The maximum Gasteiger partial charge on any atom is 0.315 e. The van der Waals surface area contributed by atoms with Crippen LogP contribution in [0.15, 0.2) is 18.2 Å². The van der Waals surface area contributed by atoms with Crippen molar-refractivity contribution in [2.24, 2.45) is 0 Å². The summed E-state index contributed by atoms with van der Waals surface area (Å²) < 4.78 is 18.8. The van der Waals surface area contributed by atoms with Crippen molar-refractivity contribution in [3.05, 3.63) is 34.6 Å². The Morgan fingerprint density at radius 1 is 1.59 bits per heavy atom. The van der Waals surface area contributed by atoms with E-state index in [2.05, 4.69) is 10.6 Å². The fourth-order valence-electron chi connectivity index (χ4n) is 2.37. The molecule has 0 aliphatic carbocycles. The van der Waals surface area contributed by atoms with Gasteiger partial charge >= 0.3 is 6.03 Å². The predicted octanol–water partition coefficient (Wildman–Crippen LogP) is 2.38. The van der Waals surface area contributed by atoms with Gasteiger partial charge in [0.25, 0.3) is 0 Å². The maximum atomic E-state index is 13.3. The highest BCUT2D eigenvalue weighted by atomic mass is 35.5. The van der Waals surface area contributed by atoms with Gasteiger partial charge in [-0.3, -0.25) is 0 Å². The molecule has 2 amide bonds. The first-order chi connectivity index (χ1) is 10.5. The van der Waals surface area contributed by atoms with Gasteiger partial charge in [-0.25, -0.2) is 9.18 Å². The third-order valence-corrected chi connectivity index (χ3v) is 3.97. The van der Waals surface area contributed by atoms with Crippen LogP contribution < -0.4 is 10.6 Å². The van der Waals surface area contributed by atoms with E-state index in [0.29, 0.717) is 5.56 Å². The van der Waals surface area contributed by atoms with Crippen LogP contribution in [-0.4, -0.2) is 36.4 Å². The number of carbonyl (C=O) groups excluding carboxylic acids is 1.